The van der Waals surface area contributed by atoms with E-state index in [9.17, 15) is 44.2 Å². The maximum Gasteiger partial charge on any atom is 0.295 e. The molecule has 8 rings (SSSR count). The molecule has 0 amide bonds. The lowest BCUT2D eigenvalue weighted by Gasteiger charge is -2.29. The molecule has 0 saturated carbocycles. The molecule has 22 nitrogen and oxygen atoms in total. The van der Waals surface area contributed by atoms with Crippen LogP contribution in [0.25, 0.3) is 25.6 Å². The quantitative estimate of drug-likeness (QED) is 0.0175. The topological polar surface area (TPSA) is 322 Å². The summed E-state index contributed by atoms with van der Waals surface area (Å²) in [6, 6.07) is 16.2. The second-order valence-corrected chi connectivity index (χ2v) is 25.8. The Balaban J connectivity index is 1.47. The summed E-state index contributed by atoms with van der Waals surface area (Å²) in [5.74, 6) is 0.0328. The fraction of sp³-hybridized carbons (Fsp3) is 0.300. The van der Waals surface area contributed by atoms with Crippen molar-refractivity contribution >= 4 is 125 Å². The summed E-state index contributed by atoms with van der Waals surface area (Å²) in [6.45, 7) is 17.7. The predicted octanol–water partition coefficient (Wildman–Crippen LogP) is 12.6. The average molecular weight is 1180 g/mol. The van der Waals surface area contributed by atoms with E-state index in [-0.39, 0.29) is 84.5 Å². The van der Waals surface area contributed by atoms with Crippen LogP contribution in [0, 0.1) is 32.1 Å². The number of pyridine rings is 1. The Hall–Kier alpha value is -6.33. The Bertz CT molecular complexity index is 4140. The van der Waals surface area contributed by atoms with Gasteiger partial charge in [0.1, 0.15) is 32.9 Å². The Morgan fingerprint density at radius 1 is 0.756 bits per heavy atom. The van der Waals surface area contributed by atoms with Crippen LogP contribution in [0.5, 0.6) is 0 Å². The minimum atomic E-state index is -4.87. The SMILES string of the molecule is CCc1cc(C)c(S(=O)(=O)O)c(CC)c1Nc1nc(N(c2nc3ccc(S(=O)(=O)O)cc3s2)c2c(CC)cc(C)c(S(=O)(=O)O)c2CC)cc(C)c1/N=N/c1c(C#N)c(C(C)(C)C)nn1-c1nc2ccc(SOOO)cc2s1. The molecule has 4 heterocycles. The van der Waals surface area contributed by atoms with Crippen LogP contribution < -0.4 is 10.2 Å². The van der Waals surface area contributed by atoms with E-state index < -0.39 is 40.7 Å². The van der Waals surface area contributed by atoms with E-state index in [1.807, 2.05) is 34.6 Å². The highest BCUT2D eigenvalue weighted by Crippen LogP contribution is 2.48. The van der Waals surface area contributed by atoms with Gasteiger partial charge in [-0.25, -0.2) is 20.2 Å². The maximum absolute atomic E-state index is 13.3. The monoisotopic (exact) mass is 1180 g/mol. The highest BCUT2D eigenvalue weighted by atomic mass is 32.2. The van der Waals surface area contributed by atoms with Gasteiger partial charge in [-0.15, -0.1) is 14.6 Å². The van der Waals surface area contributed by atoms with Crippen molar-refractivity contribution in [1.29, 1.82) is 5.26 Å². The second-order valence-electron chi connectivity index (χ2n) is 18.8. The highest BCUT2D eigenvalue weighted by Gasteiger charge is 2.33. The molecule has 0 aliphatic rings. The minimum absolute atomic E-state index is 0.00653. The molecule has 0 unspecified atom stereocenters. The largest absolute Gasteiger partial charge is 0.338 e. The van der Waals surface area contributed by atoms with Crippen molar-refractivity contribution in [3.05, 3.63) is 105 Å². The lowest BCUT2D eigenvalue weighted by molar-refractivity contribution is -0.432. The van der Waals surface area contributed by atoms with Crippen molar-refractivity contribution in [2.24, 2.45) is 10.2 Å². The Labute approximate surface area is 462 Å². The fourth-order valence-electron chi connectivity index (χ4n) is 9.25. The zero-order valence-corrected chi connectivity index (χ0v) is 48.5. The Morgan fingerprint density at radius 3 is 1.96 bits per heavy atom. The molecule has 0 saturated heterocycles. The molecule has 0 radical (unpaired) electrons. The number of azo groups is 1. The zero-order chi connectivity index (χ0) is 57.0. The molecule has 78 heavy (non-hydrogen) atoms. The van der Waals surface area contributed by atoms with Crippen molar-refractivity contribution in [2.45, 2.75) is 120 Å². The first-order valence-corrected chi connectivity index (χ1v) is 30.6. The molecule has 0 aliphatic carbocycles. The van der Waals surface area contributed by atoms with Gasteiger partial charge >= 0.3 is 0 Å². The number of thiazole rings is 2. The molecule has 0 atom stereocenters. The van der Waals surface area contributed by atoms with Gasteiger partial charge in [-0.05, 0) is 128 Å². The van der Waals surface area contributed by atoms with E-state index in [0.717, 1.165) is 23.4 Å². The lowest BCUT2D eigenvalue weighted by Crippen LogP contribution is -2.19. The Kier molecular flexibility index (Phi) is 16.4. The lowest BCUT2D eigenvalue weighted by atomic mass is 9.90. The molecule has 4 aromatic heterocycles. The fourth-order valence-corrected chi connectivity index (χ4v) is 14.3. The minimum Gasteiger partial charge on any atom is -0.338 e. The van der Waals surface area contributed by atoms with E-state index in [4.69, 9.17) is 35.5 Å². The van der Waals surface area contributed by atoms with E-state index in [0.29, 0.717) is 71.2 Å². The maximum atomic E-state index is 13.3. The highest BCUT2D eigenvalue weighted by molar-refractivity contribution is 7.94. The Morgan fingerprint density at radius 2 is 1.37 bits per heavy atom. The van der Waals surface area contributed by atoms with E-state index in [2.05, 4.69) is 20.8 Å². The molecule has 5 N–H and O–H groups in total. The van der Waals surface area contributed by atoms with Gasteiger partial charge in [0.05, 0.1) is 48.8 Å². The molecule has 28 heteroatoms. The van der Waals surface area contributed by atoms with Gasteiger partial charge < -0.3 is 5.32 Å². The summed E-state index contributed by atoms with van der Waals surface area (Å²) in [5.41, 5.74) is 3.85. The number of nitrogens with zero attached hydrogens (tertiary/aromatic N) is 9. The van der Waals surface area contributed by atoms with Crippen LogP contribution in [-0.4, -0.2) is 68.9 Å². The third kappa shape index (κ3) is 11.3. The summed E-state index contributed by atoms with van der Waals surface area (Å²) in [6.07, 6.45) is 0.873. The summed E-state index contributed by atoms with van der Waals surface area (Å²) < 4.78 is 116. The zero-order valence-electron chi connectivity index (χ0n) is 43.6. The van der Waals surface area contributed by atoms with Crippen LogP contribution >= 0.6 is 34.7 Å². The standard InChI is InChI=1S/C50H52N10O12S6/c1-11-28-19-26(6)43(77(65,66)67)32(13-3)41(28)55-46-40(56-57-47-34(24-51)45(50(8,9)10)58-60(47)49-53-35-17-15-30(75-72-71-61)22-37(35)74-49)25(5)21-39(54-46)59(48-52-36-18-16-31(76(62,63)64)23-38(36)73-48)42-29(12-2)20-27(7)44(33(42)14-4)78(68,69)70/h15-23,61H,11-14H2,1-10H3,(H,54,55)(H,62,63,64)(H,65,66,67)(H,68,69,70)/b57-56+. The van der Waals surface area contributed by atoms with Crippen molar-refractivity contribution < 1.29 is 53.5 Å². The number of hydrogen-bond acceptors (Lipinski definition) is 21. The van der Waals surface area contributed by atoms with E-state index >= 15 is 0 Å². The normalized spacial score (nSPS) is 12.6. The van der Waals surface area contributed by atoms with E-state index in [1.54, 1.807) is 75.9 Å². The number of nitriles is 1. The molecule has 410 valence electrons. The number of aromatic nitrogens is 5. The molecule has 4 aromatic carbocycles. The molecule has 8 aromatic rings. The molecule has 0 spiro atoms. The first-order chi connectivity index (χ1) is 36.7. The van der Waals surface area contributed by atoms with Crippen LogP contribution in [0.4, 0.5) is 39.6 Å². The number of hydrogen-bond donors (Lipinski definition) is 5. The van der Waals surface area contributed by atoms with Gasteiger partial charge in [0, 0.05) is 16.0 Å². The van der Waals surface area contributed by atoms with Crippen LogP contribution in [0.3, 0.4) is 0 Å². The van der Waals surface area contributed by atoms with Gasteiger partial charge in [-0.3, -0.25) is 18.6 Å². The molecule has 0 aliphatic heterocycles. The number of benzene rings is 4. The predicted molar refractivity (Wildman–Crippen MR) is 298 cm³/mol. The van der Waals surface area contributed by atoms with Gasteiger partial charge in [-0.1, -0.05) is 88.3 Å². The molecule has 0 bridgehead atoms. The number of nitrogens with one attached hydrogen (secondary N) is 1. The van der Waals surface area contributed by atoms with Crippen LogP contribution in [-0.2, 0) is 70.8 Å². The third-order valence-electron chi connectivity index (χ3n) is 12.6. The third-order valence-corrected chi connectivity index (χ3v) is 18.2. The van der Waals surface area contributed by atoms with Crippen LogP contribution in [0.15, 0.2) is 84.4 Å². The van der Waals surface area contributed by atoms with Gasteiger partial charge in [-0.2, -0.15) is 40.3 Å². The van der Waals surface area contributed by atoms with Crippen molar-refractivity contribution in [2.75, 3.05) is 10.2 Å². The summed E-state index contributed by atoms with van der Waals surface area (Å²) in [5, 5.41) is 41.6. The molecular weight excluding hydrogens is 1130 g/mol. The second kappa shape index (κ2) is 22.1. The molecule has 0 fully saturated rings. The summed E-state index contributed by atoms with van der Waals surface area (Å²) in [4.78, 5) is 16.0. The molecular formula is C50H52N10O12S6. The number of aryl methyl sites for hydroxylation is 5. The number of fused-ring (bicyclic) bond motifs is 2. The van der Waals surface area contributed by atoms with Crippen molar-refractivity contribution in [3.8, 4) is 11.2 Å². The van der Waals surface area contributed by atoms with Crippen molar-refractivity contribution in [3.63, 3.8) is 0 Å². The summed E-state index contributed by atoms with van der Waals surface area (Å²) in [7, 11) is -14.3. The summed E-state index contributed by atoms with van der Waals surface area (Å²) >= 11 is 2.99. The van der Waals surface area contributed by atoms with Crippen molar-refractivity contribution in [1.82, 2.24) is 24.7 Å². The van der Waals surface area contributed by atoms with Crippen LogP contribution in [0.2, 0.25) is 0 Å². The van der Waals surface area contributed by atoms with Gasteiger partial charge in [0.2, 0.25) is 5.13 Å². The average Bonchev–Trinajstić information content (AvgIpc) is 4.12. The first-order valence-electron chi connectivity index (χ1n) is 23.9. The van der Waals surface area contributed by atoms with Crippen LogP contribution in [0.1, 0.15) is 98.7 Å². The van der Waals surface area contributed by atoms with E-state index in [1.165, 1.54) is 34.2 Å². The van der Waals surface area contributed by atoms with Gasteiger partial charge in [0.15, 0.2) is 16.8 Å². The van der Waals surface area contributed by atoms with Gasteiger partial charge in [0.25, 0.3) is 30.4 Å². The first kappa shape index (κ1) is 57.8. The number of rotatable bonds is 18. The smallest absolute Gasteiger partial charge is 0.295 e. The number of anilines is 5.